The predicted molar refractivity (Wildman–Crippen MR) is 113 cm³/mol. The number of imidazole rings is 1. The van der Waals surface area contributed by atoms with Gasteiger partial charge in [0.25, 0.3) is 0 Å². The van der Waals surface area contributed by atoms with Crippen LogP contribution in [0.15, 0.2) is 54.0 Å². The van der Waals surface area contributed by atoms with Crippen molar-refractivity contribution < 1.29 is 8.78 Å². The van der Waals surface area contributed by atoms with E-state index in [4.69, 9.17) is 24.2 Å². The molecule has 1 aliphatic heterocycles. The minimum atomic E-state index is -0.968. The number of halogens is 3. The molecular formula is C20H13ClF2N6S. The van der Waals surface area contributed by atoms with Crippen molar-refractivity contribution in [3.8, 4) is 0 Å². The van der Waals surface area contributed by atoms with Crippen LogP contribution < -0.4 is 15.5 Å². The van der Waals surface area contributed by atoms with Gasteiger partial charge >= 0.3 is 0 Å². The molecule has 0 bridgehead atoms. The molecule has 0 aliphatic carbocycles. The van der Waals surface area contributed by atoms with Gasteiger partial charge in [0.15, 0.2) is 17.3 Å². The van der Waals surface area contributed by atoms with Gasteiger partial charge in [0.05, 0.1) is 33.3 Å². The lowest BCUT2D eigenvalue weighted by atomic mass is 10.1. The molecule has 0 radical (unpaired) electrons. The molecule has 0 fully saturated rings. The number of nitrogens with zero attached hydrogens (tertiary/aromatic N) is 5. The first-order valence-electron chi connectivity index (χ1n) is 8.92. The largest absolute Gasteiger partial charge is 0.342 e. The smallest absolute Gasteiger partial charge is 0.180 e. The van der Waals surface area contributed by atoms with Crippen LogP contribution in [0.4, 0.5) is 14.5 Å². The summed E-state index contributed by atoms with van der Waals surface area (Å²) in [6.07, 6.45) is 3.96. The monoisotopic (exact) mass is 442 g/mol. The molecule has 0 saturated carbocycles. The van der Waals surface area contributed by atoms with Crippen molar-refractivity contribution in [2.75, 3.05) is 4.90 Å². The molecule has 2 aromatic heterocycles. The van der Waals surface area contributed by atoms with Crippen molar-refractivity contribution in [1.82, 2.24) is 19.9 Å². The van der Waals surface area contributed by atoms with Crippen LogP contribution in [0.2, 0.25) is 5.02 Å². The molecule has 2 aromatic carbocycles. The molecule has 2 atom stereocenters. The highest BCUT2D eigenvalue weighted by Gasteiger charge is 2.31. The van der Waals surface area contributed by atoms with E-state index in [0.717, 1.165) is 12.1 Å². The van der Waals surface area contributed by atoms with Crippen LogP contribution in [0.25, 0.3) is 17.4 Å². The standard InChI is InChI=1S/C20H13ClF2N6S/c21-11-3-1-2-4-15(11)29-7-10-5-12(22)13(23)6-14(10)28-20(29)18(30)16-17-19(26-8-24-16)27-9-25-17/h1-9,18,20,30H,(H,24,25,26,27). The Labute approximate surface area is 179 Å². The lowest BCUT2D eigenvalue weighted by Crippen LogP contribution is -2.44. The molecule has 2 unspecified atom stereocenters. The van der Waals surface area contributed by atoms with Crippen LogP contribution in [0.5, 0.6) is 0 Å². The predicted octanol–water partition coefficient (Wildman–Crippen LogP) is 3.16. The van der Waals surface area contributed by atoms with Crippen molar-refractivity contribution in [3.63, 3.8) is 0 Å². The van der Waals surface area contributed by atoms with E-state index in [1.165, 1.54) is 12.7 Å². The lowest BCUT2D eigenvalue weighted by Gasteiger charge is -2.33. The number of aromatic nitrogens is 4. The molecule has 150 valence electrons. The first kappa shape index (κ1) is 19.0. The highest BCUT2D eigenvalue weighted by molar-refractivity contribution is 7.80. The average molecular weight is 443 g/mol. The molecule has 0 saturated heterocycles. The molecular weight excluding hydrogens is 430 g/mol. The molecule has 5 rings (SSSR count). The lowest BCUT2D eigenvalue weighted by molar-refractivity contribution is 0.504. The number of thiol groups is 1. The molecule has 10 heteroatoms. The fraction of sp³-hybridized carbons (Fsp3) is 0.100. The van der Waals surface area contributed by atoms with Crippen LogP contribution >= 0.6 is 24.2 Å². The second-order valence-electron chi connectivity index (χ2n) is 6.66. The highest BCUT2D eigenvalue weighted by Crippen LogP contribution is 2.36. The van der Waals surface area contributed by atoms with Crippen LogP contribution in [-0.2, 0) is 0 Å². The Morgan fingerprint density at radius 2 is 1.90 bits per heavy atom. The number of anilines is 1. The van der Waals surface area contributed by atoms with E-state index < -0.39 is 23.1 Å². The zero-order chi connectivity index (χ0) is 20.8. The third-order valence-electron chi connectivity index (χ3n) is 4.85. The molecule has 1 N–H and O–H groups in total. The quantitative estimate of drug-likeness (QED) is 0.478. The summed E-state index contributed by atoms with van der Waals surface area (Å²) in [6.45, 7) is 0. The van der Waals surface area contributed by atoms with E-state index in [0.29, 0.717) is 38.1 Å². The summed E-state index contributed by atoms with van der Waals surface area (Å²) >= 11 is 11.2. The highest BCUT2D eigenvalue weighted by atomic mass is 35.5. The molecule has 0 spiro atoms. The van der Waals surface area contributed by atoms with E-state index in [-0.39, 0.29) is 0 Å². The molecule has 3 heterocycles. The number of para-hydroxylation sites is 1. The van der Waals surface area contributed by atoms with Gasteiger partial charge in [-0.1, -0.05) is 23.7 Å². The number of hydrogen-bond donors (Lipinski definition) is 2. The van der Waals surface area contributed by atoms with Crippen LogP contribution in [0.1, 0.15) is 10.9 Å². The number of rotatable bonds is 3. The van der Waals surface area contributed by atoms with Crippen molar-refractivity contribution in [2.45, 2.75) is 11.4 Å². The SMILES string of the molecule is Fc1cc2c(cc1F)=NC(C(S)c1ncnc3nc[nH]c13)N(c1ccccc1Cl)C=2. The van der Waals surface area contributed by atoms with Gasteiger partial charge in [-0.05, 0) is 18.2 Å². The summed E-state index contributed by atoms with van der Waals surface area (Å²) in [5.74, 6) is -1.92. The van der Waals surface area contributed by atoms with Gasteiger partial charge < -0.3 is 9.88 Å². The van der Waals surface area contributed by atoms with E-state index in [9.17, 15) is 8.78 Å². The number of H-pyrrole nitrogens is 1. The van der Waals surface area contributed by atoms with Crippen LogP contribution in [0.3, 0.4) is 0 Å². The summed E-state index contributed by atoms with van der Waals surface area (Å²) in [5, 5.41) is 0.663. The minimum absolute atomic E-state index is 0.316. The summed E-state index contributed by atoms with van der Waals surface area (Å²) in [6, 6.07) is 9.39. The number of fused-ring (bicyclic) bond motifs is 2. The van der Waals surface area contributed by atoms with Crippen molar-refractivity contribution in [2.24, 2.45) is 4.99 Å². The van der Waals surface area contributed by atoms with Gasteiger partial charge in [0.2, 0.25) is 0 Å². The van der Waals surface area contributed by atoms with Gasteiger partial charge in [-0.15, -0.1) is 0 Å². The van der Waals surface area contributed by atoms with E-state index >= 15 is 0 Å². The molecule has 0 amide bonds. The second kappa shape index (κ2) is 7.33. The van der Waals surface area contributed by atoms with E-state index in [2.05, 4.69) is 24.9 Å². The van der Waals surface area contributed by atoms with Crippen LogP contribution in [0, 0.1) is 11.6 Å². The Kier molecular flexibility index (Phi) is 4.63. The topological polar surface area (TPSA) is 70.1 Å². The van der Waals surface area contributed by atoms with Gasteiger partial charge in [-0.3, -0.25) is 4.99 Å². The Bertz CT molecular complexity index is 1390. The van der Waals surface area contributed by atoms with E-state index in [1.807, 2.05) is 18.2 Å². The van der Waals surface area contributed by atoms with Gasteiger partial charge in [0, 0.05) is 17.5 Å². The Morgan fingerprint density at radius 1 is 1.10 bits per heavy atom. The summed E-state index contributed by atoms with van der Waals surface area (Å²) in [5.41, 5.74) is 2.35. The average Bonchev–Trinajstić information content (AvgIpc) is 3.23. The Hall–Kier alpha value is -3.04. The van der Waals surface area contributed by atoms with E-state index in [1.54, 1.807) is 17.2 Å². The molecule has 1 aliphatic rings. The summed E-state index contributed by atoms with van der Waals surface area (Å²) in [4.78, 5) is 22.1. The first-order valence-corrected chi connectivity index (χ1v) is 9.82. The fourth-order valence-corrected chi connectivity index (χ4v) is 4.08. The van der Waals surface area contributed by atoms with Crippen molar-refractivity contribution in [1.29, 1.82) is 0 Å². The first-order chi connectivity index (χ1) is 14.5. The Morgan fingerprint density at radius 3 is 2.73 bits per heavy atom. The zero-order valence-corrected chi connectivity index (χ0v) is 16.8. The fourth-order valence-electron chi connectivity index (χ4n) is 3.44. The van der Waals surface area contributed by atoms with Crippen LogP contribution in [-0.4, -0.2) is 26.1 Å². The molecule has 6 nitrogen and oxygen atoms in total. The number of hydrogen-bond acceptors (Lipinski definition) is 6. The molecule has 30 heavy (non-hydrogen) atoms. The maximum Gasteiger partial charge on any atom is 0.180 e. The summed E-state index contributed by atoms with van der Waals surface area (Å²) < 4.78 is 27.7. The van der Waals surface area contributed by atoms with Gasteiger partial charge in [-0.25, -0.2) is 23.7 Å². The third kappa shape index (κ3) is 3.10. The second-order valence-corrected chi connectivity index (χ2v) is 7.62. The number of nitrogens with one attached hydrogen (secondary N) is 1. The summed E-state index contributed by atoms with van der Waals surface area (Å²) in [7, 11) is 0. The number of aromatic amines is 1. The zero-order valence-electron chi connectivity index (χ0n) is 15.2. The number of benzene rings is 2. The third-order valence-corrected chi connectivity index (χ3v) is 5.68. The van der Waals surface area contributed by atoms with Crippen molar-refractivity contribution >= 4 is 47.3 Å². The van der Waals surface area contributed by atoms with Gasteiger partial charge in [0.1, 0.15) is 18.0 Å². The minimum Gasteiger partial charge on any atom is -0.342 e. The maximum absolute atomic E-state index is 13.9. The molecule has 4 aromatic rings. The normalized spacial score (nSPS) is 16.7. The van der Waals surface area contributed by atoms with Crippen molar-refractivity contribution in [3.05, 3.63) is 82.0 Å². The Balaban J connectivity index is 1.72. The van der Waals surface area contributed by atoms with Gasteiger partial charge in [-0.2, -0.15) is 12.6 Å². The maximum atomic E-state index is 13.9.